The van der Waals surface area contributed by atoms with Crippen molar-refractivity contribution >= 4 is 18.2 Å². The molecule has 0 saturated heterocycles. The van der Waals surface area contributed by atoms with Gasteiger partial charge in [0.1, 0.15) is 35.8 Å². The van der Waals surface area contributed by atoms with E-state index in [-0.39, 0.29) is 47.3 Å². The molecule has 4 saturated carbocycles. The number of hydrogen-bond acceptors (Lipinski definition) is 9. The van der Waals surface area contributed by atoms with Gasteiger partial charge in [-0.15, -0.1) is 0 Å². The van der Waals surface area contributed by atoms with Crippen LogP contribution in [0.1, 0.15) is 60.5 Å². The Morgan fingerprint density at radius 1 is 1.31 bits per heavy atom. The number of nitrogens with zero attached hydrogens (tertiary/aromatic N) is 1. The number of aromatic hydroxyl groups is 1. The number of aromatic nitrogens is 2. The molecule has 3 atom stereocenters. The van der Waals surface area contributed by atoms with Crippen LogP contribution >= 0.6 is 0 Å². The van der Waals surface area contributed by atoms with Crippen molar-refractivity contribution in [2.45, 2.75) is 62.3 Å². The van der Waals surface area contributed by atoms with Crippen LogP contribution in [-0.2, 0) is 4.74 Å². The van der Waals surface area contributed by atoms with E-state index in [9.17, 15) is 19.8 Å². The fourth-order valence-electron chi connectivity index (χ4n) is 5.30. The Morgan fingerprint density at radius 3 is 2.80 bits per heavy atom. The number of aliphatic hydroxyl groups excluding tert-OH is 1. The molecule has 0 spiro atoms. The SMILES string of the molecule is COc1cc(O)c(C=O)c(OCC(O)Nc2cc([C@H]3CC[C@@H](OC(=O)NC45CC(C4)C5)C3)[nH]n2)c1. The van der Waals surface area contributed by atoms with Gasteiger partial charge in [-0.25, -0.2) is 4.79 Å². The predicted octanol–water partition coefficient (Wildman–Crippen LogP) is 2.66. The monoisotopic (exact) mass is 486 g/mol. The second kappa shape index (κ2) is 9.29. The number of phenolic OH excluding ortho intramolecular Hbond substituents is 1. The molecule has 2 aromatic rings. The number of rotatable bonds is 10. The molecule has 1 unspecified atom stereocenters. The largest absolute Gasteiger partial charge is 0.507 e. The number of alkyl carbamates (subject to hydrolysis) is 1. The Balaban J connectivity index is 1.09. The zero-order valence-corrected chi connectivity index (χ0v) is 19.5. The highest BCUT2D eigenvalue weighted by Crippen LogP contribution is 2.57. The Kier molecular flexibility index (Phi) is 6.18. The number of aromatic amines is 1. The van der Waals surface area contributed by atoms with E-state index in [1.807, 2.05) is 6.07 Å². The number of anilines is 1. The summed E-state index contributed by atoms with van der Waals surface area (Å²) in [6.07, 6.45) is 4.52. The summed E-state index contributed by atoms with van der Waals surface area (Å²) in [4.78, 5) is 23.5. The van der Waals surface area contributed by atoms with Crippen molar-refractivity contribution in [1.82, 2.24) is 15.5 Å². The van der Waals surface area contributed by atoms with Crippen molar-refractivity contribution in [2.24, 2.45) is 5.92 Å². The van der Waals surface area contributed by atoms with Crippen LogP contribution in [0.5, 0.6) is 17.2 Å². The van der Waals surface area contributed by atoms with E-state index in [2.05, 4.69) is 20.8 Å². The van der Waals surface area contributed by atoms with E-state index >= 15 is 0 Å². The van der Waals surface area contributed by atoms with E-state index in [1.165, 1.54) is 19.2 Å². The highest BCUT2D eigenvalue weighted by Gasteiger charge is 2.57. The molecule has 0 aliphatic heterocycles. The molecule has 1 aromatic carbocycles. The first-order valence-electron chi connectivity index (χ1n) is 11.8. The van der Waals surface area contributed by atoms with Crippen molar-refractivity contribution in [1.29, 1.82) is 0 Å². The molecular weight excluding hydrogens is 456 g/mol. The molecule has 11 heteroatoms. The molecule has 188 valence electrons. The maximum absolute atomic E-state index is 12.2. The van der Waals surface area contributed by atoms with Crippen LogP contribution in [0.2, 0.25) is 0 Å². The molecule has 4 aliphatic carbocycles. The smallest absolute Gasteiger partial charge is 0.407 e. The van der Waals surface area contributed by atoms with Crippen LogP contribution in [-0.4, -0.2) is 64.4 Å². The lowest BCUT2D eigenvalue weighted by atomic mass is 9.50. The van der Waals surface area contributed by atoms with E-state index in [4.69, 9.17) is 14.2 Å². The van der Waals surface area contributed by atoms with Gasteiger partial charge < -0.3 is 35.1 Å². The number of carbonyl (C=O) groups is 2. The highest BCUT2D eigenvalue weighted by molar-refractivity contribution is 5.84. The number of phenols is 1. The average molecular weight is 487 g/mol. The third-order valence-corrected chi connectivity index (χ3v) is 7.26. The number of ether oxygens (including phenoxy) is 3. The number of aldehydes is 1. The molecule has 5 N–H and O–H groups in total. The minimum absolute atomic E-state index is 0.00994. The van der Waals surface area contributed by atoms with Crippen molar-refractivity contribution in [3.63, 3.8) is 0 Å². The van der Waals surface area contributed by atoms with Gasteiger partial charge in [-0.05, 0) is 44.4 Å². The quantitative estimate of drug-likeness (QED) is 0.252. The van der Waals surface area contributed by atoms with Crippen LogP contribution in [0, 0.1) is 5.92 Å². The molecule has 1 heterocycles. The Morgan fingerprint density at radius 2 is 2.11 bits per heavy atom. The maximum Gasteiger partial charge on any atom is 0.407 e. The van der Waals surface area contributed by atoms with Crippen LogP contribution < -0.4 is 20.1 Å². The predicted molar refractivity (Wildman–Crippen MR) is 124 cm³/mol. The molecule has 2 bridgehead atoms. The van der Waals surface area contributed by atoms with Crippen molar-refractivity contribution in [3.05, 3.63) is 29.5 Å². The number of hydrogen-bond donors (Lipinski definition) is 5. The number of H-pyrrole nitrogens is 1. The summed E-state index contributed by atoms with van der Waals surface area (Å²) in [5.41, 5.74) is 0.874. The first-order valence-corrected chi connectivity index (χ1v) is 11.8. The van der Waals surface area contributed by atoms with Gasteiger partial charge in [-0.1, -0.05) is 0 Å². The van der Waals surface area contributed by atoms with Gasteiger partial charge in [0.15, 0.2) is 12.5 Å². The number of nitrogens with one attached hydrogen (secondary N) is 3. The molecular formula is C24H30N4O7. The van der Waals surface area contributed by atoms with Crippen molar-refractivity contribution in [2.75, 3.05) is 19.0 Å². The lowest BCUT2D eigenvalue weighted by Gasteiger charge is -2.61. The lowest BCUT2D eigenvalue weighted by Crippen LogP contribution is -2.68. The van der Waals surface area contributed by atoms with Gasteiger partial charge in [0.05, 0.1) is 12.7 Å². The number of aliphatic hydroxyl groups is 1. The standard InChI is InChI=1S/C24H30N4O7/c1-33-16-5-19(30)17(11-29)20(6-16)34-12-22(31)25-21-7-18(27-28-21)14-2-3-15(4-14)35-23(32)26-24-8-13(9-24)10-24/h5-7,11,13-15,22,30-31H,2-4,8-10,12H2,1H3,(H,26,32)(H2,25,27,28)/t13?,14-,15+,22?,24?/m0/s1. The normalized spacial score (nSPS) is 27.2. The number of amides is 1. The number of carbonyl (C=O) groups excluding carboxylic acids is 2. The molecule has 35 heavy (non-hydrogen) atoms. The summed E-state index contributed by atoms with van der Waals surface area (Å²) in [6, 6.07) is 4.57. The van der Waals surface area contributed by atoms with Crippen LogP contribution in [0.15, 0.2) is 18.2 Å². The van der Waals surface area contributed by atoms with Gasteiger partial charge in [-0.2, -0.15) is 5.10 Å². The zero-order valence-electron chi connectivity index (χ0n) is 19.5. The topological polar surface area (TPSA) is 155 Å². The molecule has 1 amide bonds. The van der Waals surface area contributed by atoms with E-state index in [0.717, 1.165) is 43.7 Å². The molecule has 11 nitrogen and oxygen atoms in total. The van der Waals surface area contributed by atoms with Gasteiger partial charge in [0.2, 0.25) is 0 Å². The Labute approximate surface area is 202 Å². The summed E-state index contributed by atoms with van der Waals surface area (Å²) >= 11 is 0. The fourth-order valence-corrected chi connectivity index (χ4v) is 5.30. The second-order valence-corrected chi connectivity index (χ2v) is 9.78. The molecule has 6 rings (SSSR count). The lowest BCUT2D eigenvalue weighted by molar-refractivity contribution is -0.0506. The molecule has 0 radical (unpaired) electrons. The fraction of sp³-hybridized carbons (Fsp3) is 0.542. The minimum atomic E-state index is -1.13. The molecule has 4 fully saturated rings. The Bertz CT molecular complexity index is 1090. The number of benzene rings is 1. The van der Waals surface area contributed by atoms with Crippen molar-refractivity contribution in [3.8, 4) is 17.2 Å². The van der Waals surface area contributed by atoms with Crippen LogP contribution in [0.25, 0.3) is 0 Å². The van der Waals surface area contributed by atoms with E-state index in [0.29, 0.717) is 24.3 Å². The summed E-state index contributed by atoms with van der Waals surface area (Å²) < 4.78 is 16.2. The van der Waals surface area contributed by atoms with Gasteiger partial charge in [-0.3, -0.25) is 9.89 Å². The molecule has 4 aliphatic rings. The zero-order chi connectivity index (χ0) is 24.6. The Hall–Kier alpha value is -3.47. The first kappa shape index (κ1) is 23.3. The third-order valence-electron chi connectivity index (χ3n) is 7.26. The second-order valence-electron chi connectivity index (χ2n) is 9.78. The van der Waals surface area contributed by atoms with Gasteiger partial charge >= 0.3 is 6.09 Å². The number of methoxy groups -OCH3 is 1. The third kappa shape index (κ3) is 4.86. The van der Waals surface area contributed by atoms with E-state index < -0.39 is 6.23 Å². The average Bonchev–Trinajstić information content (AvgIpc) is 3.43. The summed E-state index contributed by atoms with van der Waals surface area (Å²) in [5, 5.41) is 33.3. The maximum atomic E-state index is 12.2. The summed E-state index contributed by atoms with van der Waals surface area (Å²) in [6.45, 7) is -0.202. The minimum Gasteiger partial charge on any atom is -0.507 e. The van der Waals surface area contributed by atoms with Gasteiger partial charge in [0.25, 0.3) is 0 Å². The summed E-state index contributed by atoms with van der Waals surface area (Å²) in [5.74, 6) is 1.54. The van der Waals surface area contributed by atoms with Crippen molar-refractivity contribution < 1.29 is 34.0 Å². The molecule has 1 aromatic heterocycles. The van der Waals surface area contributed by atoms with Crippen LogP contribution in [0.4, 0.5) is 10.6 Å². The van der Waals surface area contributed by atoms with E-state index in [1.54, 1.807) is 0 Å². The summed E-state index contributed by atoms with van der Waals surface area (Å²) in [7, 11) is 1.43. The van der Waals surface area contributed by atoms with Crippen LogP contribution in [0.3, 0.4) is 0 Å². The highest BCUT2D eigenvalue weighted by atomic mass is 16.6. The van der Waals surface area contributed by atoms with Gasteiger partial charge in [0, 0.05) is 35.3 Å². The first-order chi connectivity index (χ1) is 16.9.